The SMILES string of the molecule is O=[N+]([O-])c1c(NCc2ccc3c(c2)OCO3)ncnc1Nc1nc2ccccc2s1. The van der Waals surface area contributed by atoms with Crippen molar-refractivity contribution in [3.8, 4) is 11.5 Å². The molecule has 0 amide bonds. The zero-order valence-electron chi connectivity index (χ0n) is 15.4. The van der Waals surface area contributed by atoms with Crippen LogP contribution < -0.4 is 20.1 Å². The molecule has 30 heavy (non-hydrogen) atoms. The van der Waals surface area contributed by atoms with Gasteiger partial charge in [0.2, 0.25) is 18.4 Å². The van der Waals surface area contributed by atoms with Crippen LogP contribution >= 0.6 is 11.3 Å². The zero-order valence-corrected chi connectivity index (χ0v) is 16.2. The second-order valence-corrected chi connectivity index (χ2v) is 7.36. The molecule has 150 valence electrons. The van der Waals surface area contributed by atoms with E-state index < -0.39 is 4.92 Å². The molecule has 0 saturated heterocycles. The summed E-state index contributed by atoms with van der Waals surface area (Å²) in [5.74, 6) is 1.50. The van der Waals surface area contributed by atoms with Crippen LogP contribution in [-0.2, 0) is 6.54 Å². The zero-order chi connectivity index (χ0) is 20.5. The standard InChI is InChI=1S/C19H14N6O4S/c26-25(27)16-17(20-8-11-5-6-13-14(7-11)29-10-28-13)21-9-22-18(16)24-19-23-12-3-1-2-4-15(12)30-19/h1-7,9H,8,10H2,(H2,20,21,22,23,24). The lowest BCUT2D eigenvalue weighted by Crippen LogP contribution is -2.08. The molecule has 0 atom stereocenters. The van der Waals surface area contributed by atoms with E-state index in [-0.39, 0.29) is 24.1 Å². The highest BCUT2D eigenvalue weighted by Crippen LogP contribution is 2.35. The number of nitrogens with one attached hydrogen (secondary N) is 2. The van der Waals surface area contributed by atoms with Crippen molar-refractivity contribution < 1.29 is 14.4 Å². The summed E-state index contributed by atoms with van der Waals surface area (Å²) in [4.78, 5) is 23.8. The first-order valence-electron chi connectivity index (χ1n) is 8.92. The molecule has 10 nitrogen and oxygen atoms in total. The van der Waals surface area contributed by atoms with Crippen LogP contribution in [0.15, 0.2) is 48.8 Å². The maximum absolute atomic E-state index is 11.8. The predicted molar refractivity (Wildman–Crippen MR) is 111 cm³/mol. The Morgan fingerprint density at radius 2 is 1.93 bits per heavy atom. The minimum atomic E-state index is -0.516. The smallest absolute Gasteiger partial charge is 0.353 e. The number of rotatable bonds is 6. The highest BCUT2D eigenvalue weighted by Gasteiger charge is 2.24. The van der Waals surface area contributed by atoms with Crippen molar-refractivity contribution in [1.29, 1.82) is 0 Å². The number of hydrogen-bond acceptors (Lipinski definition) is 10. The van der Waals surface area contributed by atoms with E-state index in [1.165, 1.54) is 17.7 Å². The summed E-state index contributed by atoms with van der Waals surface area (Å²) in [7, 11) is 0. The van der Waals surface area contributed by atoms with Crippen LogP contribution in [0.5, 0.6) is 11.5 Å². The van der Waals surface area contributed by atoms with Crippen molar-refractivity contribution >= 4 is 44.0 Å². The summed E-state index contributed by atoms with van der Waals surface area (Å²) in [5, 5.41) is 18.2. The van der Waals surface area contributed by atoms with E-state index >= 15 is 0 Å². The molecule has 2 aromatic heterocycles. The molecule has 0 unspecified atom stereocenters. The summed E-state index contributed by atoms with van der Waals surface area (Å²) >= 11 is 1.39. The van der Waals surface area contributed by atoms with Gasteiger partial charge < -0.3 is 20.1 Å². The number of aromatic nitrogens is 3. The van der Waals surface area contributed by atoms with Gasteiger partial charge in [0.25, 0.3) is 0 Å². The second kappa shape index (κ2) is 7.44. The van der Waals surface area contributed by atoms with Gasteiger partial charge in [-0.3, -0.25) is 10.1 Å². The monoisotopic (exact) mass is 422 g/mol. The molecular formula is C19H14N6O4S. The fourth-order valence-corrected chi connectivity index (χ4v) is 3.90. The molecule has 1 aliphatic rings. The fourth-order valence-electron chi connectivity index (χ4n) is 3.04. The molecule has 0 bridgehead atoms. The summed E-state index contributed by atoms with van der Waals surface area (Å²) < 4.78 is 11.6. The highest BCUT2D eigenvalue weighted by molar-refractivity contribution is 7.22. The Morgan fingerprint density at radius 1 is 1.10 bits per heavy atom. The Labute approximate surface area is 173 Å². The normalized spacial score (nSPS) is 12.1. The molecule has 2 N–H and O–H groups in total. The number of anilines is 3. The number of ether oxygens (including phenoxy) is 2. The van der Waals surface area contributed by atoms with E-state index in [0.29, 0.717) is 23.2 Å². The first-order chi connectivity index (χ1) is 14.7. The largest absolute Gasteiger partial charge is 0.454 e. The molecule has 0 fully saturated rings. The lowest BCUT2D eigenvalue weighted by molar-refractivity contribution is -0.383. The fraction of sp³-hybridized carbons (Fsp3) is 0.105. The van der Waals surface area contributed by atoms with E-state index in [9.17, 15) is 10.1 Å². The van der Waals surface area contributed by atoms with Gasteiger partial charge in [-0.2, -0.15) is 0 Å². The quantitative estimate of drug-likeness (QED) is 0.349. The predicted octanol–water partition coefficient (Wildman–Crippen LogP) is 4.08. The van der Waals surface area contributed by atoms with Crippen LogP contribution in [0.25, 0.3) is 10.2 Å². The number of thiazole rings is 1. The molecule has 11 heteroatoms. The molecular weight excluding hydrogens is 408 g/mol. The molecule has 3 heterocycles. The third kappa shape index (κ3) is 3.42. The Bertz CT molecular complexity index is 1230. The summed E-state index contributed by atoms with van der Waals surface area (Å²) in [6.45, 7) is 0.499. The van der Waals surface area contributed by atoms with E-state index in [1.807, 2.05) is 36.4 Å². The van der Waals surface area contributed by atoms with E-state index in [2.05, 4.69) is 25.6 Å². The minimum Gasteiger partial charge on any atom is -0.454 e. The van der Waals surface area contributed by atoms with Crippen LogP contribution in [-0.4, -0.2) is 26.7 Å². The Kier molecular flexibility index (Phi) is 4.48. The van der Waals surface area contributed by atoms with Crippen LogP contribution in [0.1, 0.15) is 5.56 Å². The minimum absolute atomic E-state index is 0.0715. The van der Waals surface area contributed by atoms with Gasteiger partial charge in [-0.15, -0.1) is 0 Å². The molecule has 5 rings (SSSR count). The Balaban J connectivity index is 1.40. The van der Waals surface area contributed by atoms with E-state index in [4.69, 9.17) is 9.47 Å². The van der Waals surface area contributed by atoms with Crippen molar-refractivity contribution in [2.45, 2.75) is 6.54 Å². The number of para-hydroxylation sites is 1. The lowest BCUT2D eigenvalue weighted by atomic mass is 10.2. The van der Waals surface area contributed by atoms with E-state index in [1.54, 1.807) is 6.07 Å². The lowest BCUT2D eigenvalue weighted by Gasteiger charge is -2.09. The van der Waals surface area contributed by atoms with Crippen LogP contribution in [0.4, 0.5) is 22.5 Å². The number of hydrogen-bond donors (Lipinski definition) is 2. The maximum Gasteiger partial charge on any atom is 0.353 e. The van der Waals surface area contributed by atoms with Crippen molar-refractivity contribution in [3.05, 3.63) is 64.5 Å². The number of benzene rings is 2. The number of nitrogens with zero attached hydrogens (tertiary/aromatic N) is 4. The van der Waals surface area contributed by atoms with E-state index in [0.717, 1.165) is 15.8 Å². The molecule has 4 aromatic rings. The first kappa shape index (κ1) is 18.1. The van der Waals surface area contributed by atoms with Crippen molar-refractivity contribution in [1.82, 2.24) is 15.0 Å². The second-order valence-electron chi connectivity index (χ2n) is 6.33. The summed E-state index contributed by atoms with van der Waals surface area (Å²) in [5.41, 5.74) is 1.42. The van der Waals surface area contributed by atoms with Gasteiger partial charge in [0.15, 0.2) is 16.6 Å². The van der Waals surface area contributed by atoms with Crippen LogP contribution in [0, 0.1) is 10.1 Å². The summed E-state index contributed by atoms with van der Waals surface area (Å²) in [6.07, 6.45) is 1.27. The molecule has 0 spiro atoms. The molecule has 0 radical (unpaired) electrons. The molecule has 0 saturated carbocycles. The van der Waals surface area contributed by atoms with Gasteiger partial charge in [0, 0.05) is 6.54 Å². The average molecular weight is 422 g/mol. The summed E-state index contributed by atoms with van der Waals surface area (Å²) in [6, 6.07) is 13.1. The first-order valence-corrected chi connectivity index (χ1v) is 9.73. The number of fused-ring (bicyclic) bond motifs is 2. The topological polar surface area (TPSA) is 124 Å². The Morgan fingerprint density at radius 3 is 2.80 bits per heavy atom. The number of nitro groups is 1. The third-order valence-electron chi connectivity index (χ3n) is 4.42. The Hall–Kier alpha value is -3.99. The average Bonchev–Trinajstić information content (AvgIpc) is 3.37. The third-order valence-corrected chi connectivity index (χ3v) is 5.37. The van der Waals surface area contributed by atoms with Crippen LogP contribution in [0.2, 0.25) is 0 Å². The maximum atomic E-state index is 11.8. The van der Waals surface area contributed by atoms with Crippen LogP contribution in [0.3, 0.4) is 0 Å². The van der Waals surface area contributed by atoms with Crippen molar-refractivity contribution in [2.24, 2.45) is 0 Å². The van der Waals surface area contributed by atoms with Gasteiger partial charge >= 0.3 is 5.69 Å². The highest BCUT2D eigenvalue weighted by atomic mass is 32.1. The molecule has 0 aliphatic carbocycles. The van der Waals surface area contributed by atoms with Gasteiger partial charge in [-0.1, -0.05) is 29.5 Å². The molecule has 2 aromatic carbocycles. The van der Waals surface area contributed by atoms with Crippen molar-refractivity contribution in [2.75, 3.05) is 17.4 Å². The van der Waals surface area contributed by atoms with Gasteiger partial charge in [0.05, 0.1) is 15.1 Å². The molecule has 1 aliphatic heterocycles. The van der Waals surface area contributed by atoms with Gasteiger partial charge in [-0.05, 0) is 29.8 Å². The van der Waals surface area contributed by atoms with Gasteiger partial charge in [0.1, 0.15) is 6.33 Å². The van der Waals surface area contributed by atoms with Gasteiger partial charge in [-0.25, -0.2) is 15.0 Å². The van der Waals surface area contributed by atoms with Crippen molar-refractivity contribution in [3.63, 3.8) is 0 Å².